The van der Waals surface area contributed by atoms with Crippen LogP contribution in [-0.4, -0.2) is 82.4 Å². The molecule has 3 N–H and O–H groups in total. The van der Waals surface area contributed by atoms with Crippen LogP contribution < -0.4 is 5.32 Å². The fraction of sp³-hybridized carbons (Fsp3) is 0.459. The van der Waals surface area contributed by atoms with Crippen molar-refractivity contribution < 1.29 is 42.4 Å². The predicted octanol–water partition coefficient (Wildman–Crippen LogP) is 4.87. The molecule has 3 aromatic rings. The van der Waals surface area contributed by atoms with E-state index in [4.69, 9.17) is 9.47 Å². The van der Waals surface area contributed by atoms with Crippen molar-refractivity contribution in [2.24, 2.45) is 5.92 Å². The summed E-state index contributed by atoms with van der Waals surface area (Å²) in [6.07, 6.45) is -5.25. The first-order valence-electron chi connectivity index (χ1n) is 16.8. The molecule has 6 atom stereocenters. The molecule has 12 heteroatoms. The molecule has 0 aliphatic carbocycles. The van der Waals surface area contributed by atoms with Crippen LogP contribution in [0.5, 0.6) is 0 Å². The van der Waals surface area contributed by atoms with Crippen LogP contribution in [0.15, 0.2) is 72.8 Å². The third-order valence-corrected chi connectivity index (χ3v) is 9.75. The molecule has 3 aliphatic rings. The van der Waals surface area contributed by atoms with E-state index >= 15 is 0 Å². The van der Waals surface area contributed by atoms with Gasteiger partial charge in [0.15, 0.2) is 6.29 Å². The maximum atomic E-state index is 13.0. The van der Waals surface area contributed by atoms with E-state index in [0.717, 1.165) is 46.3 Å². The van der Waals surface area contributed by atoms with Crippen LogP contribution in [-0.2, 0) is 32.2 Å². The first-order chi connectivity index (χ1) is 23.5. The van der Waals surface area contributed by atoms with E-state index in [2.05, 4.69) is 17.1 Å². The normalized spacial score (nSPS) is 26.2. The molecule has 3 aromatic carbocycles. The van der Waals surface area contributed by atoms with Crippen LogP contribution in [0.25, 0.3) is 11.1 Å². The van der Waals surface area contributed by atoms with Gasteiger partial charge in [0.2, 0.25) is 5.91 Å². The SMILES string of the molecule is C[C@H]1[C@@H](CN2CC[C@H](O)C2)O[C@@H](c2cccc(-c3cccc(CNC(=O)[C@@H]4CCCN4C(=O)C(F)(F)F)c3)c2)O[C@H]1c1ccc(CO)cc1. The standard InChI is InChI=1S/C37H42F3N3O6/c1-23-32(21-42-16-14-30(45)20-42)48-35(49-33(23)26-12-10-24(22-44)11-13-26)29-8-3-7-28(18-29)27-6-2-5-25(17-27)19-41-34(46)31-9-4-15-43(31)36(47)37(38,39)40/h2-3,5-8,10-13,17-18,23,30-33,35,44-45H,4,9,14-16,19-22H2,1H3,(H,41,46)/t23-,30-,31-,32+,33+,35+/m0/s1. The Balaban J connectivity index is 1.18. The highest BCUT2D eigenvalue weighted by molar-refractivity contribution is 5.90. The summed E-state index contributed by atoms with van der Waals surface area (Å²) in [5.74, 6) is -2.59. The highest BCUT2D eigenvalue weighted by Gasteiger charge is 2.47. The number of likely N-dealkylation sites (tertiary alicyclic amines) is 2. The van der Waals surface area contributed by atoms with Gasteiger partial charge in [-0.25, -0.2) is 0 Å². The Labute approximate surface area is 283 Å². The molecular weight excluding hydrogens is 639 g/mol. The average Bonchev–Trinajstić information content (AvgIpc) is 3.76. The van der Waals surface area contributed by atoms with Crippen molar-refractivity contribution in [1.29, 1.82) is 0 Å². The van der Waals surface area contributed by atoms with Crippen LogP contribution in [0.1, 0.15) is 60.8 Å². The summed E-state index contributed by atoms with van der Waals surface area (Å²) in [5, 5.41) is 22.4. The molecular formula is C37H42F3N3O6. The summed E-state index contributed by atoms with van der Waals surface area (Å²) in [6.45, 7) is 4.10. The fourth-order valence-electron chi connectivity index (χ4n) is 7.04. The minimum atomic E-state index is -5.02. The van der Waals surface area contributed by atoms with Gasteiger partial charge in [-0.1, -0.05) is 67.6 Å². The number of alkyl halides is 3. The number of hydrogen-bond acceptors (Lipinski definition) is 7. The number of nitrogens with one attached hydrogen (secondary N) is 1. The lowest BCUT2D eigenvalue weighted by atomic mass is 9.90. The van der Waals surface area contributed by atoms with Crippen LogP contribution in [0, 0.1) is 5.92 Å². The van der Waals surface area contributed by atoms with E-state index < -0.39 is 30.3 Å². The van der Waals surface area contributed by atoms with Gasteiger partial charge in [0, 0.05) is 44.2 Å². The maximum absolute atomic E-state index is 13.0. The number of aliphatic hydroxyl groups is 2. The lowest BCUT2D eigenvalue weighted by Crippen LogP contribution is -2.50. The number of nitrogens with zero attached hydrogens (tertiary/aromatic N) is 2. The summed E-state index contributed by atoms with van der Waals surface area (Å²) in [6, 6.07) is 21.9. The zero-order chi connectivity index (χ0) is 34.7. The lowest BCUT2D eigenvalue weighted by molar-refractivity contribution is -0.276. The molecule has 3 saturated heterocycles. The first-order valence-corrected chi connectivity index (χ1v) is 16.8. The van der Waals surface area contributed by atoms with Gasteiger partial charge < -0.3 is 29.9 Å². The van der Waals surface area contributed by atoms with E-state index in [1.54, 1.807) is 0 Å². The molecule has 9 nitrogen and oxygen atoms in total. The van der Waals surface area contributed by atoms with Gasteiger partial charge >= 0.3 is 12.1 Å². The zero-order valence-corrected chi connectivity index (χ0v) is 27.3. The van der Waals surface area contributed by atoms with Gasteiger partial charge in [-0.3, -0.25) is 14.5 Å². The summed E-state index contributed by atoms with van der Waals surface area (Å²) in [7, 11) is 0. The average molecular weight is 682 g/mol. The number of amides is 2. The fourth-order valence-corrected chi connectivity index (χ4v) is 7.04. The van der Waals surface area contributed by atoms with Gasteiger partial charge in [0.05, 0.1) is 24.9 Å². The topological polar surface area (TPSA) is 112 Å². The van der Waals surface area contributed by atoms with Crippen molar-refractivity contribution in [3.05, 3.63) is 95.1 Å². The number of benzene rings is 3. The van der Waals surface area contributed by atoms with Gasteiger partial charge in [-0.2, -0.15) is 13.2 Å². The molecule has 6 rings (SSSR count). The van der Waals surface area contributed by atoms with E-state index in [1.165, 1.54) is 0 Å². The Hall–Kier alpha value is -3.81. The van der Waals surface area contributed by atoms with Crippen molar-refractivity contribution in [1.82, 2.24) is 15.1 Å². The van der Waals surface area contributed by atoms with Gasteiger partial charge in [0.25, 0.3) is 0 Å². The number of carbonyl (C=O) groups is 2. The Morgan fingerprint density at radius 1 is 0.918 bits per heavy atom. The highest BCUT2D eigenvalue weighted by Crippen LogP contribution is 2.42. The minimum absolute atomic E-state index is 0.00642. The second-order valence-electron chi connectivity index (χ2n) is 13.2. The van der Waals surface area contributed by atoms with Crippen LogP contribution in [0.3, 0.4) is 0 Å². The number of ether oxygens (including phenoxy) is 2. The molecule has 3 heterocycles. The number of carbonyl (C=O) groups excluding carboxylic acids is 2. The van der Waals surface area contributed by atoms with Gasteiger partial charge in [-0.05, 0) is 59.2 Å². The molecule has 0 aromatic heterocycles. The van der Waals surface area contributed by atoms with Crippen molar-refractivity contribution in [3.63, 3.8) is 0 Å². The van der Waals surface area contributed by atoms with Crippen molar-refractivity contribution in [2.75, 3.05) is 26.2 Å². The molecule has 0 unspecified atom stereocenters. The van der Waals surface area contributed by atoms with Crippen LogP contribution in [0.2, 0.25) is 0 Å². The number of halogens is 3. The van der Waals surface area contributed by atoms with E-state index in [9.17, 15) is 33.0 Å². The van der Waals surface area contributed by atoms with Crippen molar-refractivity contribution in [2.45, 2.75) is 76.2 Å². The molecule has 0 bridgehead atoms. The van der Waals surface area contributed by atoms with E-state index in [1.807, 2.05) is 72.8 Å². The molecule has 0 radical (unpaired) electrons. The Morgan fingerprint density at radius 2 is 1.65 bits per heavy atom. The third-order valence-electron chi connectivity index (χ3n) is 9.75. The molecule has 2 amide bonds. The Morgan fingerprint density at radius 3 is 2.35 bits per heavy atom. The predicted molar refractivity (Wildman–Crippen MR) is 175 cm³/mol. The monoisotopic (exact) mass is 681 g/mol. The zero-order valence-electron chi connectivity index (χ0n) is 27.3. The number of rotatable bonds is 9. The summed E-state index contributed by atoms with van der Waals surface area (Å²) >= 11 is 0. The third kappa shape index (κ3) is 8.16. The first kappa shape index (κ1) is 35.0. The Kier molecular flexibility index (Phi) is 10.7. The maximum Gasteiger partial charge on any atom is 0.471 e. The highest BCUT2D eigenvalue weighted by atomic mass is 19.4. The molecule has 0 spiro atoms. The minimum Gasteiger partial charge on any atom is -0.392 e. The number of β-amino-alcohol motifs (C(OH)–C–C–N with tert-alkyl or cyclic N) is 1. The lowest BCUT2D eigenvalue weighted by Gasteiger charge is -2.42. The molecule has 0 saturated carbocycles. The summed E-state index contributed by atoms with van der Waals surface area (Å²) in [5.41, 5.74) is 5.12. The van der Waals surface area contributed by atoms with Crippen LogP contribution >= 0.6 is 0 Å². The molecule has 3 fully saturated rings. The summed E-state index contributed by atoms with van der Waals surface area (Å²) in [4.78, 5) is 27.5. The van der Waals surface area contributed by atoms with Crippen molar-refractivity contribution >= 4 is 11.8 Å². The van der Waals surface area contributed by atoms with Crippen LogP contribution in [0.4, 0.5) is 13.2 Å². The Bertz CT molecular complexity index is 1620. The quantitative estimate of drug-likeness (QED) is 0.296. The number of aliphatic hydroxyl groups excluding tert-OH is 2. The van der Waals surface area contributed by atoms with E-state index in [0.29, 0.717) is 24.4 Å². The second kappa shape index (κ2) is 15.0. The van der Waals surface area contributed by atoms with E-state index in [-0.39, 0.29) is 50.3 Å². The second-order valence-corrected chi connectivity index (χ2v) is 13.2. The molecule has 262 valence electrons. The van der Waals surface area contributed by atoms with Crippen molar-refractivity contribution in [3.8, 4) is 11.1 Å². The van der Waals surface area contributed by atoms with Gasteiger partial charge in [-0.15, -0.1) is 0 Å². The molecule has 49 heavy (non-hydrogen) atoms. The largest absolute Gasteiger partial charge is 0.471 e. The summed E-state index contributed by atoms with van der Waals surface area (Å²) < 4.78 is 52.4. The smallest absolute Gasteiger partial charge is 0.392 e. The number of hydrogen-bond donors (Lipinski definition) is 3. The molecule has 3 aliphatic heterocycles. The van der Waals surface area contributed by atoms with Gasteiger partial charge in [0.1, 0.15) is 6.04 Å².